The number of halogens is 1. The number of thioether (sulfide) groups is 1. The maximum atomic E-state index is 12.9. The number of nitrogens with one attached hydrogen (secondary N) is 1. The summed E-state index contributed by atoms with van der Waals surface area (Å²) in [6, 6.07) is 9.92. The van der Waals surface area contributed by atoms with Crippen molar-refractivity contribution in [2.24, 2.45) is 0 Å². The van der Waals surface area contributed by atoms with Crippen molar-refractivity contribution in [3.8, 4) is 17.2 Å². The van der Waals surface area contributed by atoms with Gasteiger partial charge >= 0.3 is 0 Å². The predicted molar refractivity (Wildman–Crippen MR) is 129 cm³/mol. The molecule has 32 heavy (non-hydrogen) atoms. The van der Waals surface area contributed by atoms with E-state index in [0.29, 0.717) is 51.5 Å². The van der Waals surface area contributed by atoms with Gasteiger partial charge < -0.3 is 14.2 Å². The van der Waals surface area contributed by atoms with Gasteiger partial charge in [-0.05, 0) is 74.1 Å². The van der Waals surface area contributed by atoms with Gasteiger partial charge in [-0.15, -0.1) is 0 Å². The molecule has 0 aliphatic carbocycles. The minimum atomic E-state index is -0.465. The van der Waals surface area contributed by atoms with E-state index < -0.39 is 11.8 Å². The second-order valence-electron chi connectivity index (χ2n) is 6.38. The van der Waals surface area contributed by atoms with Crippen molar-refractivity contribution in [3.63, 3.8) is 0 Å². The average Bonchev–Trinajstić information content (AvgIpc) is 3.03. The third-order valence-electron chi connectivity index (χ3n) is 4.28. The number of thiocarbonyl (C=S) groups is 1. The molecule has 0 atom stereocenters. The highest BCUT2D eigenvalue weighted by molar-refractivity contribution is 8.26. The molecule has 1 fully saturated rings. The second kappa shape index (κ2) is 10.7. The van der Waals surface area contributed by atoms with Crippen molar-refractivity contribution in [3.05, 3.63) is 57.5 Å². The van der Waals surface area contributed by atoms with Crippen LogP contribution in [0.3, 0.4) is 0 Å². The summed E-state index contributed by atoms with van der Waals surface area (Å²) in [6.07, 6.45) is 1.64. The number of carbonyl (C=O) groups is 2. The molecule has 2 aromatic rings. The Morgan fingerprint density at radius 2 is 1.88 bits per heavy atom. The summed E-state index contributed by atoms with van der Waals surface area (Å²) in [7, 11) is 1.54. The summed E-state index contributed by atoms with van der Waals surface area (Å²) < 4.78 is 16.5. The number of carbonyl (C=O) groups excluding carboxylic acids is 2. The summed E-state index contributed by atoms with van der Waals surface area (Å²) in [5.74, 6) is 0.650. The number of nitrogens with zero attached hydrogens (tertiary/aromatic N) is 1. The van der Waals surface area contributed by atoms with Crippen LogP contribution in [0.1, 0.15) is 29.8 Å². The van der Waals surface area contributed by atoms with Crippen molar-refractivity contribution in [1.29, 1.82) is 0 Å². The molecule has 7 nitrogen and oxygen atoms in total. The van der Waals surface area contributed by atoms with E-state index in [-0.39, 0.29) is 4.32 Å². The molecule has 0 spiro atoms. The van der Waals surface area contributed by atoms with E-state index in [1.54, 1.807) is 42.5 Å². The number of methoxy groups -OCH3 is 1. The van der Waals surface area contributed by atoms with Gasteiger partial charge in [0.1, 0.15) is 5.75 Å². The van der Waals surface area contributed by atoms with Crippen molar-refractivity contribution < 1.29 is 23.8 Å². The van der Waals surface area contributed by atoms with Gasteiger partial charge in [0.2, 0.25) is 0 Å². The molecule has 10 heteroatoms. The third kappa shape index (κ3) is 5.35. The number of rotatable bonds is 8. The molecule has 0 aromatic heterocycles. The Bertz CT molecular complexity index is 1070. The molecular weight excluding hydrogens is 472 g/mol. The van der Waals surface area contributed by atoms with Crippen molar-refractivity contribution in [1.82, 2.24) is 10.4 Å². The standard InChI is InChI=1S/C22H21ClN2O5S2/c1-4-29-17-11-13(10-16(23)19(17)30-5-2)12-18-21(27)25(22(31)32-18)24-20(26)14-6-8-15(28-3)9-7-14/h6-12H,4-5H2,1-3H3,(H,24,26)/b18-12+. The van der Waals surface area contributed by atoms with Gasteiger partial charge in [-0.25, -0.2) is 0 Å². The van der Waals surface area contributed by atoms with E-state index >= 15 is 0 Å². The number of amides is 2. The summed E-state index contributed by atoms with van der Waals surface area (Å²) in [5, 5.41) is 1.42. The fourth-order valence-electron chi connectivity index (χ4n) is 2.84. The fourth-order valence-corrected chi connectivity index (χ4v) is 4.30. The Balaban J connectivity index is 1.81. The maximum Gasteiger partial charge on any atom is 0.285 e. The quantitative estimate of drug-likeness (QED) is 0.423. The molecule has 1 aliphatic heterocycles. The largest absolute Gasteiger partial charge is 0.497 e. The van der Waals surface area contributed by atoms with Gasteiger partial charge in [0.15, 0.2) is 15.8 Å². The molecule has 0 saturated carbocycles. The number of hydrazine groups is 1. The number of hydrogen-bond acceptors (Lipinski definition) is 7. The van der Waals surface area contributed by atoms with E-state index in [4.69, 9.17) is 38.0 Å². The van der Waals surface area contributed by atoms with Gasteiger partial charge in [0.05, 0.1) is 30.3 Å². The van der Waals surface area contributed by atoms with Crippen LogP contribution in [0.2, 0.25) is 5.02 Å². The topological polar surface area (TPSA) is 77.1 Å². The van der Waals surface area contributed by atoms with Crippen LogP contribution < -0.4 is 19.6 Å². The molecule has 1 saturated heterocycles. The molecule has 3 rings (SSSR count). The molecule has 1 N–H and O–H groups in total. The minimum absolute atomic E-state index is 0.213. The van der Waals surface area contributed by atoms with Crippen LogP contribution in [-0.4, -0.2) is 41.5 Å². The van der Waals surface area contributed by atoms with Crippen molar-refractivity contribution in [2.45, 2.75) is 13.8 Å². The lowest BCUT2D eigenvalue weighted by Gasteiger charge is -2.15. The van der Waals surface area contributed by atoms with Crippen LogP contribution in [0.5, 0.6) is 17.2 Å². The minimum Gasteiger partial charge on any atom is -0.497 e. The van der Waals surface area contributed by atoms with Gasteiger partial charge in [0, 0.05) is 5.56 Å². The van der Waals surface area contributed by atoms with E-state index in [1.165, 1.54) is 7.11 Å². The SMILES string of the molecule is CCOc1cc(/C=C2/SC(=S)N(NC(=O)c3ccc(OC)cc3)C2=O)cc(Cl)c1OCC. The van der Waals surface area contributed by atoms with E-state index in [1.807, 2.05) is 13.8 Å². The third-order valence-corrected chi connectivity index (χ3v) is 5.86. The Labute approximate surface area is 200 Å². The summed E-state index contributed by atoms with van der Waals surface area (Å²) in [4.78, 5) is 25.8. The zero-order valence-electron chi connectivity index (χ0n) is 17.6. The van der Waals surface area contributed by atoms with Gasteiger partial charge in [0.25, 0.3) is 11.8 Å². The predicted octanol–water partition coefficient (Wildman–Crippen LogP) is 4.69. The Kier molecular flexibility index (Phi) is 8.00. The summed E-state index contributed by atoms with van der Waals surface area (Å²) in [5.41, 5.74) is 3.55. The smallest absolute Gasteiger partial charge is 0.285 e. The van der Waals surface area contributed by atoms with E-state index in [9.17, 15) is 9.59 Å². The summed E-state index contributed by atoms with van der Waals surface area (Å²) in [6.45, 7) is 4.57. The van der Waals surface area contributed by atoms with Crippen LogP contribution >= 0.6 is 35.6 Å². The van der Waals surface area contributed by atoms with Gasteiger partial charge in [-0.3, -0.25) is 15.0 Å². The van der Waals surface area contributed by atoms with Crippen molar-refractivity contribution >= 4 is 57.8 Å². The fraction of sp³-hybridized carbons (Fsp3) is 0.227. The number of benzene rings is 2. The molecule has 168 valence electrons. The first-order valence-corrected chi connectivity index (χ1v) is 11.3. The first-order valence-electron chi connectivity index (χ1n) is 9.70. The summed E-state index contributed by atoms with van der Waals surface area (Å²) >= 11 is 12.7. The highest BCUT2D eigenvalue weighted by atomic mass is 35.5. The van der Waals surface area contributed by atoms with Crippen LogP contribution in [0.25, 0.3) is 6.08 Å². The van der Waals surface area contributed by atoms with Crippen LogP contribution in [0.15, 0.2) is 41.3 Å². The second-order valence-corrected chi connectivity index (χ2v) is 8.47. The van der Waals surface area contributed by atoms with Crippen LogP contribution in [-0.2, 0) is 4.79 Å². The number of hydrogen-bond donors (Lipinski definition) is 1. The lowest BCUT2D eigenvalue weighted by Crippen LogP contribution is -2.44. The first kappa shape index (κ1) is 23.9. The van der Waals surface area contributed by atoms with Gasteiger partial charge in [-0.1, -0.05) is 23.4 Å². The lowest BCUT2D eigenvalue weighted by molar-refractivity contribution is -0.123. The zero-order valence-corrected chi connectivity index (χ0v) is 20.0. The lowest BCUT2D eigenvalue weighted by atomic mass is 10.1. The molecule has 0 radical (unpaired) electrons. The Morgan fingerprint density at radius 3 is 2.50 bits per heavy atom. The molecule has 2 amide bonds. The Hall–Kier alpha value is -2.75. The van der Waals surface area contributed by atoms with Crippen LogP contribution in [0, 0.1) is 0 Å². The molecule has 0 unspecified atom stereocenters. The monoisotopic (exact) mass is 492 g/mol. The molecule has 1 aliphatic rings. The first-order chi connectivity index (χ1) is 15.4. The van der Waals surface area contributed by atoms with E-state index in [2.05, 4.69) is 5.43 Å². The highest BCUT2D eigenvalue weighted by Gasteiger charge is 2.34. The van der Waals surface area contributed by atoms with E-state index in [0.717, 1.165) is 16.8 Å². The normalized spacial score (nSPS) is 14.6. The van der Waals surface area contributed by atoms with Crippen molar-refractivity contribution in [2.75, 3.05) is 20.3 Å². The zero-order chi connectivity index (χ0) is 23.3. The molecule has 1 heterocycles. The molecule has 2 aromatic carbocycles. The molecular formula is C22H21ClN2O5S2. The highest BCUT2D eigenvalue weighted by Crippen LogP contribution is 2.39. The average molecular weight is 493 g/mol. The Morgan fingerprint density at radius 1 is 1.19 bits per heavy atom. The van der Waals surface area contributed by atoms with Crippen LogP contribution in [0.4, 0.5) is 0 Å². The molecule has 0 bridgehead atoms. The maximum absolute atomic E-state index is 12.9. The number of ether oxygens (including phenoxy) is 3. The van der Waals surface area contributed by atoms with Gasteiger partial charge in [-0.2, -0.15) is 5.01 Å².